The number of aryl methyl sites for hydroxylation is 2. The number of aromatic nitrogens is 1. The quantitative estimate of drug-likeness (QED) is 0.159. The number of phenolic OH excluding ortho intramolecular Hbond substituents is 2. The van der Waals surface area contributed by atoms with Gasteiger partial charge < -0.3 is 24.4 Å². The van der Waals surface area contributed by atoms with Crippen LogP contribution in [0.2, 0.25) is 0 Å². The number of aromatic hydroxyl groups is 2. The monoisotopic (exact) mass is 764 g/mol. The van der Waals surface area contributed by atoms with Gasteiger partial charge in [-0.1, -0.05) is 81.4 Å². The number of benzene rings is 5. The van der Waals surface area contributed by atoms with Crippen LogP contribution in [0.3, 0.4) is 0 Å². The van der Waals surface area contributed by atoms with E-state index in [9.17, 15) is 10.2 Å². The van der Waals surface area contributed by atoms with E-state index in [0.29, 0.717) is 24.5 Å². The number of rotatable bonds is 7. The summed E-state index contributed by atoms with van der Waals surface area (Å²) in [5, 5.41) is 26.1. The molecule has 0 saturated carbocycles. The number of para-hydroxylation sites is 3. The van der Waals surface area contributed by atoms with Crippen LogP contribution in [0.1, 0.15) is 37.5 Å². The fourth-order valence-electron chi connectivity index (χ4n) is 6.35. The molecule has 228 valence electrons. The Balaban J connectivity index is 0.00000400. The Morgan fingerprint density at radius 1 is 0.689 bits per heavy atom. The van der Waals surface area contributed by atoms with Gasteiger partial charge in [-0.05, 0) is 66.8 Å². The number of hydrogen-bond donors (Lipinski definition) is 2. The van der Waals surface area contributed by atoms with E-state index in [1.807, 2.05) is 54.6 Å². The molecule has 5 nitrogen and oxygen atoms in total. The number of nitrogens with zero attached hydrogens (tertiary/aromatic N) is 2. The molecule has 6 rings (SSSR count). The molecule has 2 N–H and O–H groups in total. The maximum atomic E-state index is 12.2. The first-order valence-electron chi connectivity index (χ1n) is 15.1. The molecule has 0 fully saturated rings. The normalized spacial score (nSPS) is 11.6. The van der Waals surface area contributed by atoms with Gasteiger partial charge in [0.2, 0.25) is 0 Å². The zero-order chi connectivity index (χ0) is 31.2. The van der Waals surface area contributed by atoms with Crippen LogP contribution < -0.4 is 4.90 Å². The van der Waals surface area contributed by atoms with Crippen molar-refractivity contribution < 1.29 is 40.8 Å². The van der Waals surface area contributed by atoms with E-state index < -0.39 is 0 Å². The number of ether oxygens (including phenoxy) is 1. The van der Waals surface area contributed by atoms with Gasteiger partial charge in [-0.2, -0.15) is 0 Å². The van der Waals surface area contributed by atoms with E-state index in [4.69, 9.17) is 4.74 Å². The second-order valence-electron chi connectivity index (χ2n) is 12.6. The first-order chi connectivity index (χ1) is 21.1. The summed E-state index contributed by atoms with van der Waals surface area (Å²) < 4.78 is 7.73. The summed E-state index contributed by atoms with van der Waals surface area (Å²) in [6.07, 6.45) is 0. The molecule has 0 aliphatic heterocycles. The zero-order valence-electron chi connectivity index (χ0n) is 26.8. The number of methoxy groups -OCH3 is 1. The summed E-state index contributed by atoms with van der Waals surface area (Å²) in [5.74, 6) is 0.457. The second kappa shape index (κ2) is 12.9. The Hall–Kier alpha value is -3.87. The number of fused-ring (bicyclic) bond motifs is 3. The topological polar surface area (TPSA) is 57.9 Å². The summed E-state index contributed by atoms with van der Waals surface area (Å²) in [6.45, 7) is 11.4. The molecule has 5 aromatic carbocycles. The van der Waals surface area contributed by atoms with Crippen LogP contribution in [-0.2, 0) is 36.0 Å². The maximum Gasteiger partial charge on any atom is 0.163 e. The van der Waals surface area contributed by atoms with Gasteiger partial charge in [-0.25, -0.2) is 0 Å². The van der Waals surface area contributed by atoms with Crippen molar-refractivity contribution in [3.8, 4) is 28.3 Å². The molecule has 1 aromatic heterocycles. The predicted octanol–water partition coefficient (Wildman–Crippen LogP) is 9.56. The average molecular weight is 763 g/mol. The van der Waals surface area contributed by atoms with Crippen LogP contribution in [0.5, 0.6) is 11.5 Å². The molecule has 0 bridgehead atoms. The zero-order valence-corrected chi connectivity index (χ0v) is 30.4. The van der Waals surface area contributed by atoms with Crippen molar-refractivity contribution in [3.05, 3.63) is 114 Å². The molecule has 0 unspecified atom stereocenters. The Kier molecular flexibility index (Phi) is 9.29. The molecule has 0 spiro atoms. The molecule has 1 heterocycles. The molecule has 0 aliphatic carbocycles. The fraction of sp³-hybridized carbons (Fsp3) is 0.231. The van der Waals surface area contributed by atoms with E-state index in [1.54, 1.807) is 7.11 Å². The molecule has 0 radical (unpaired) electrons. The van der Waals surface area contributed by atoms with Crippen LogP contribution >= 0.6 is 0 Å². The summed E-state index contributed by atoms with van der Waals surface area (Å²) >= 11 is 0. The molecule has 45 heavy (non-hydrogen) atoms. The van der Waals surface area contributed by atoms with Crippen molar-refractivity contribution in [2.24, 2.45) is 0 Å². The molecular formula is C39H40HfN2O3. The fourth-order valence-corrected chi connectivity index (χ4v) is 6.35. The van der Waals surface area contributed by atoms with Crippen molar-refractivity contribution in [3.63, 3.8) is 0 Å². The third kappa shape index (κ3) is 5.94. The maximum absolute atomic E-state index is 12.2. The third-order valence-electron chi connectivity index (χ3n) is 8.39. The Morgan fingerprint density at radius 3 is 1.89 bits per heavy atom. The van der Waals surface area contributed by atoms with Crippen molar-refractivity contribution in [2.45, 2.75) is 40.0 Å². The van der Waals surface area contributed by atoms with Crippen molar-refractivity contribution >= 4 is 33.2 Å². The number of hydrogen-bond acceptors (Lipinski definition) is 4. The second-order valence-corrected chi connectivity index (χ2v) is 12.6. The summed E-state index contributed by atoms with van der Waals surface area (Å²) in [7, 11) is 1.69. The molecular weight excluding hydrogens is 723 g/mol. The van der Waals surface area contributed by atoms with Gasteiger partial charge in [0.25, 0.3) is 0 Å². The smallest absolute Gasteiger partial charge is 0.163 e. The van der Waals surface area contributed by atoms with Crippen molar-refractivity contribution in [2.75, 3.05) is 25.2 Å². The predicted molar refractivity (Wildman–Crippen MR) is 183 cm³/mol. The molecule has 0 atom stereocenters. The Labute approximate surface area is 284 Å². The molecule has 6 aromatic rings. The molecule has 6 heteroatoms. The van der Waals surface area contributed by atoms with Crippen LogP contribution in [0.4, 0.5) is 11.4 Å². The van der Waals surface area contributed by atoms with E-state index in [-0.39, 0.29) is 42.8 Å². The molecule has 0 aliphatic rings. The summed E-state index contributed by atoms with van der Waals surface area (Å²) in [5.41, 5.74) is 8.74. The van der Waals surface area contributed by atoms with Gasteiger partial charge in [0.1, 0.15) is 5.75 Å². The molecule has 0 saturated heterocycles. The van der Waals surface area contributed by atoms with Crippen LogP contribution in [0.25, 0.3) is 38.6 Å². The van der Waals surface area contributed by atoms with Crippen LogP contribution in [0, 0.1) is 13.8 Å². The van der Waals surface area contributed by atoms with Crippen molar-refractivity contribution in [1.29, 1.82) is 0 Å². The first-order valence-corrected chi connectivity index (χ1v) is 15.1. The standard InChI is InChI=1S/C39H40N2O3.Hf/c1-25-21-30(37(42)31(22-25)39(3,4)5)29-15-7-10-16-32(29)40(19-20-44-6)35-23-26(2)24-36(38(35)43)41-33-17-11-8-13-27(33)28-14-9-12-18-34(28)41;/h7-18,21-24,42-43H,19-20H2,1-6H3;. The largest absolute Gasteiger partial charge is 0.507 e. The van der Waals surface area contributed by atoms with E-state index in [2.05, 4.69) is 86.6 Å². The van der Waals surface area contributed by atoms with E-state index in [1.165, 1.54) is 0 Å². The summed E-state index contributed by atoms with van der Waals surface area (Å²) in [4.78, 5) is 2.11. The van der Waals surface area contributed by atoms with Crippen LogP contribution in [-0.4, -0.2) is 35.0 Å². The van der Waals surface area contributed by atoms with Gasteiger partial charge >= 0.3 is 0 Å². The Morgan fingerprint density at radius 2 is 1.27 bits per heavy atom. The number of phenols is 2. The minimum Gasteiger partial charge on any atom is -0.507 e. The van der Waals surface area contributed by atoms with Gasteiger partial charge in [0.15, 0.2) is 5.75 Å². The Bertz CT molecular complexity index is 1950. The summed E-state index contributed by atoms with van der Waals surface area (Å²) in [6, 6.07) is 32.9. The third-order valence-corrected chi connectivity index (χ3v) is 8.39. The SMILES string of the molecule is COCCN(c1ccccc1-c1cc(C)cc(C(C)(C)C)c1O)c1cc(C)cc(-n2c3ccccc3c3ccccc32)c1O.[Hf]. The van der Waals surface area contributed by atoms with Gasteiger partial charge in [0.05, 0.1) is 29.0 Å². The number of anilines is 2. The molecule has 0 amide bonds. The van der Waals surface area contributed by atoms with Crippen molar-refractivity contribution in [1.82, 2.24) is 4.57 Å². The van der Waals surface area contributed by atoms with Crippen LogP contribution in [0.15, 0.2) is 97.1 Å². The minimum absolute atomic E-state index is 0. The van der Waals surface area contributed by atoms with Gasteiger partial charge in [-0.15, -0.1) is 0 Å². The van der Waals surface area contributed by atoms with E-state index >= 15 is 0 Å². The van der Waals surface area contributed by atoms with Gasteiger partial charge in [-0.3, -0.25) is 0 Å². The van der Waals surface area contributed by atoms with Gasteiger partial charge in [0, 0.05) is 72.6 Å². The minimum atomic E-state index is -0.235. The first kappa shape index (κ1) is 32.5. The average Bonchev–Trinajstić information content (AvgIpc) is 3.34. The van der Waals surface area contributed by atoms with E-state index in [0.717, 1.165) is 55.3 Å².